The van der Waals surface area contributed by atoms with Gasteiger partial charge in [-0.1, -0.05) is 11.6 Å². The summed E-state index contributed by atoms with van der Waals surface area (Å²) in [4.78, 5) is 6.92. The van der Waals surface area contributed by atoms with Crippen LogP contribution in [0.15, 0.2) is 36.8 Å². The van der Waals surface area contributed by atoms with Crippen molar-refractivity contribution in [1.29, 1.82) is 0 Å². The van der Waals surface area contributed by atoms with Crippen LogP contribution in [-0.2, 0) is 0 Å². The number of hydrogen-bond acceptors (Lipinski definition) is 4. The Kier molecular flexibility index (Phi) is 4.34. The smallest absolute Gasteiger partial charge is 0.137 e. The van der Waals surface area contributed by atoms with Gasteiger partial charge in [-0.3, -0.25) is 4.98 Å². The van der Waals surface area contributed by atoms with Gasteiger partial charge in [-0.15, -0.1) is 10.2 Å². The summed E-state index contributed by atoms with van der Waals surface area (Å²) in [6, 6.07) is 8.42. The first-order valence-corrected chi connectivity index (χ1v) is 9.20. The van der Waals surface area contributed by atoms with Gasteiger partial charge >= 0.3 is 0 Å². The maximum atomic E-state index is 6.12. The van der Waals surface area contributed by atoms with E-state index in [1.54, 1.807) is 0 Å². The van der Waals surface area contributed by atoms with Crippen LogP contribution in [0.4, 0.5) is 5.69 Å². The minimum absolute atomic E-state index is 0.379. The summed E-state index contributed by atoms with van der Waals surface area (Å²) in [6.45, 7) is 6.35. The predicted molar refractivity (Wildman–Crippen MR) is 101 cm³/mol. The Morgan fingerprint density at radius 1 is 1.24 bits per heavy atom. The Hall–Kier alpha value is -2.14. The van der Waals surface area contributed by atoms with Crippen molar-refractivity contribution in [2.24, 2.45) is 0 Å². The zero-order valence-electron chi connectivity index (χ0n) is 14.6. The van der Waals surface area contributed by atoms with Crippen LogP contribution in [0.2, 0.25) is 5.02 Å². The highest BCUT2D eigenvalue weighted by Gasteiger charge is 2.26. The maximum absolute atomic E-state index is 6.12. The fraction of sp³-hybridized carbons (Fsp3) is 0.421. The molecule has 1 aromatic carbocycles. The third kappa shape index (κ3) is 3.09. The molecule has 6 heteroatoms. The van der Waals surface area contributed by atoms with Gasteiger partial charge in [0.15, 0.2) is 0 Å². The van der Waals surface area contributed by atoms with Crippen molar-refractivity contribution in [1.82, 2.24) is 19.7 Å². The summed E-state index contributed by atoms with van der Waals surface area (Å²) in [5, 5.41) is 10.4. The molecule has 3 heterocycles. The lowest BCUT2D eigenvalue weighted by molar-refractivity contribution is 0.455. The van der Waals surface area contributed by atoms with Crippen LogP contribution in [0.5, 0.6) is 0 Å². The van der Waals surface area contributed by atoms with Gasteiger partial charge in [-0.25, -0.2) is 0 Å². The zero-order chi connectivity index (χ0) is 17.4. The average molecular weight is 356 g/mol. The van der Waals surface area contributed by atoms with Gasteiger partial charge in [-0.05, 0) is 51.0 Å². The third-order valence-corrected chi connectivity index (χ3v) is 5.20. The molecule has 4 rings (SSSR count). The van der Waals surface area contributed by atoms with E-state index in [1.165, 1.54) is 5.69 Å². The zero-order valence-corrected chi connectivity index (χ0v) is 15.3. The Bertz CT molecular complexity index is 888. The number of anilines is 1. The molecule has 0 bridgehead atoms. The molecule has 2 aromatic heterocycles. The van der Waals surface area contributed by atoms with Gasteiger partial charge in [0.1, 0.15) is 12.2 Å². The fourth-order valence-electron chi connectivity index (χ4n) is 3.73. The lowest BCUT2D eigenvalue weighted by Gasteiger charge is -2.35. The van der Waals surface area contributed by atoms with Crippen LogP contribution < -0.4 is 4.90 Å². The maximum Gasteiger partial charge on any atom is 0.137 e. The summed E-state index contributed by atoms with van der Waals surface area (Å²) in [5.41, 5.74) is 2.17. The number of piperidine rings is 1. The Labute approximate surface area is 152 Å². The Morgan fingerprint density at radius 3 is 2.96 bits per heavy atom. The van der Waals surface area contributed by atoms with Crippen LogP contribution >= 0.6 is 11.6 Å². The first-order chi connectivity index (χ1) is 12.1. The number of pyridine rings is 1. The number of rotatable bonds is 3. The second-order valence-electron chi connectivity index (χ2n) is 6.97. The molecule has 5 nitrogen and oxygen atoms in total. The van der Waals surface area contributed by atoms with E-state index in [0.29, 0.717) is 12.0 Å². The standard InChI is InChI=1S/C19H22ClN5/c1-13(2)25-12-22-23-19(25)14-4-3-9-24(11-14)18-7-8-21-17-10-15(20)5-6-16(17)18/h5-8,10,12-14H,3-4,9,11H2,1-2H3. The van der Waals surface area contributed by atoms with E-state index >= 15 is 0 Å². The van der Waals surface area contributed by atoms with Crippen LogP contribution in [0, 0.1) is 0 Å². The van der Waals surface area contributed by atoms with Gasteiger partial charge in [0.05, 0.1) is 5.52 Å². The van der Waals surface area contributed by atoms with E-state index in [1.807, 2.05) is 24.7 Å². The topological polar surface area (TPSA) is 46.8 Å². The van der Waals surface area contributed by atoms with Crippen molar-refractivity contribution in [3.8, 4) is 0 Å². The number of fused-ring (bicyclic) bond motifs is 1. The van der Waals surface area contributed by atoms with Crippen LogP contribution in [0.3, 0.4) is 0 Å². The molecule has 1 aliphatic heterocycles. The summed E-state index contributed by atoms with van der Waals surface area (Å²) >= 11 is 6.12. The van der Waals surface area contributed by atoms with E-state index < -0.39 is 0 Å². The number of benzene rings is 1. The minimum Gasteiger partial charge on any atom is -0.370 e. The van der Waals surface area contributed by atoms with Gasteiger partial charge in [-0.2, -0.15) is 0 Å². The van der Waals surface area contributed by atoms with Crippen molar-refractivity contribution in [2.45, 2.75) is 38.6 Å². The van der Waals surface area contributed by atoms with Crippen molar-refractivity contribution in [3.63, 3.8) is 0 Å². The Morgan fingerprint density at radius 2 is 2.12 bits per heavy atom. The van der Waals surface area contributed by atoms with Crippen molar-refractivity contribution in [3.05, 3.63) is 47.6 Å². The normalized spacial score (nSPS) is 18.2. The largest absolute Gasteiger partial charge is 0.370 e. The molecule has 1 unspecified atom stereocenters. The van der Waals surface area contributed by atoms with Crippen LogP contribution in [0.25, 0.3) is 10.9 Å². The molecule has 130 valence electrons. The summed E-state index contributed by atoms with van der Waals surface area (Å²) < 4.78 is 2.19. The van der Waals surface area contributed by atoms with E-state index in [4.69, 9.17) is 11.6 Å². The number of nitrogens with zero attached hydrogens (tertiary/aromatic N) is 5. The summed E-state index contributed by atoms with van der Waals surface area (Å²) in [7, 11) is 0. The van der Waals surface area contributed by atoms with E-state index in [9.17, 15) is 0 Å². The van der Waals surface area contributed by atoms with Crippen LogP contribution in [0.1, 0.15) is 44.5 Å². The van der Waals surface area contributed by atoms with E-state index in [-0.39, 0.29) is 0 Å². The third-order valence-electron chi connectivity index (χ3n) is 4.97. The first kappa shape index (κ1) is 16.3. The molecule has 1 saturated heterocycles. The molecular weight excluding hydrogens is 334 g/mol. The first-order valence-electron chi connectivity index (χ1n) is 8.82. The van der Waals surface area contributed by atoms with Crippen molar-refractivity contribution in [2.75, 3.05) is 18.0 Å². The Balaban J connectivity index is 1.67. The quantitative estimate of drug-likeness (QED) is 0.696. The molecule has 1 aliphatic rings. The van der Waals surface area contributed by atoms with Gasteiger partial charge in [0.2, 0.25) is 0 Å². The van der Waals surface area contributed by atoms with Gasteiger partial charge in [0.25, 0.3) is 0 Å². The molecular formula is C19H22ClN5. The molecule has 3 aromatic rings. The molecule has 1 fully saturated rings. The lowest BCUT2D eigenvalue weighted by atomic mass is 9.96. The molecule has 1 atom stereocenters. The minimum atomic E-state index is 0.379. The second-order valence-corrected chi connectivity index (χ2v) is 7.40. The highest BCUT2D eigenvalue weighted by Crippen LogP contribution is 2.33. The number of aromatic nitrogens is 4. The van der Waals surface area contributed by atoms with Gasteiger partial charge in [0, 0.05) is 47.3 Å². The molecule has 0 N–H and O–H groups in total. The second kappa shape index (κ2) is 6.64. The SMILES string of the molecule is CC(C)n1cnnc1C1CCCN(c2ccnc3cc(Cl)ccc23)C1. The summed E-state index contributed by atoms with van der Waals surface area (Å²) in [6.07, 6.45) is 6.01. The molecule has 25 heavy (non-hydrogen) atoms. The monoisotopic (exact) mass is 355 g/mol. The summed E-state index contributed by atoms with van der Waals surface area (Å²) in [5.74, 6) is 1.50. The molecule has 0 saturated carbocycles. The molecule has 0 amide bonds. The van der Waals surface area contributed by atoms with Crippen molar-refractivity contribution >= 4 is 28.2 Å². The number of halogens is 1. The average Bonchev–Trinajstić information content (AvgIpc) is 3.11. The highest BCUT2D eigenvalue weighted by atomic mass is 35.5. The van der Waals surface area contributed by atoms with Gasteiger partial charge < -0.3 is 9.47 Å². The molecule has 0 radical (unpaired) electrons. The highest BCUT2D eigenvalue weighted by molar-refractivity contribution is 6.31. The van der Waals surface area contributed by atoms with Crippen LogP contribution in [-0.4, -0.2) is 32.8 Å². The van der Waals surface area contributed by atoms with Crippen molar-refractivity contribution < 1.29 is 0 Å². The van der Waals surface area contributed by atoms with E-state index in [0.717, 1.165) is 47.7 Å². The molecule has 0 spiro atoms. The fourth-order valence-corrected chi connectivity index (χ4v) is 3.90. The lowest BCUT2D eigenvalue weighted by Crippen LogP contribution is -2.35. The number of hydrogen-bond donors (Lipinski definition) is 0. The predicted octanol–water partition coefficient (Wildman–Crippen LogP) is 4.44. The van der Waals surface area contributed by atoms with E-state index in [2.05, 4.69) is 50.6 Å². The molecule has 0 aliphatic carbocycles.